The van der Waals surface area contributed by atoms with E-state index >= 15 is 0 Å². The predicted octanol–water partition coefficient (Wildman–Crippen LogP) is 4.59. The maximum atomic E-state index is 13.2. The van der Waals surface area contributed by atoms with Gasteiger partial charge in [-0.05, 0) is 61.7 Å². The van der Waals surface area contributed by atoms with Crippen LogP contribution in [0.5, 0.6) is 5.75 Å². The summed E-state index contributed by atoms with van der Waals surface area (Å²) in [5.41, 5.74) is 1.27. The van der Waals surface area contributed by atoms with Crippen molar-refractivity contribution in [2.75, 3.05) is 13.7 Å². The summed E-state index contributed by atoms with van der Waals surface area (Å²) in [4.78, 5) is 18.0. The van der Waals surface area contributed by atoms with Gasteiger partial charge in [-0.2, -0.15) is 9.30 Å². The number of ether oxygens (including phenoxy) is 1. The summed E-state index contributed by atoms with van der Waals surface area (Å²) >= 11 is 1.39. The fraction of sp³-hybridized carbons (Fsp3) is 0.360. The van der Waals surface area contributed by atoms with E-state index in [0.29, 0.717) is 23.5 Å². The van der Waals surface area contributed by atoms with Gasteiger partial charge >= 0.3 is 0 Å². The smallest absolute Gasteiger partial charge is 0.279 e. The van der Waals surface area contributed by atoms with Gasteiger partial charge in [0, 0.05) is 24.7 Å². The molecule has 2 aromatic carbocycles. The Bertz CT molecular complexity index is 1370. The van der Waals surface area contributed by atoms with E-state index in [2.05, 4.69) is 11.6 Å². The molecule has 1 saturated heterocycles. The second-order valence-electron chi connectivity index (χ2n) is 8.23. The van der Waals surface area contributed by atoms with Crippen molar-refractivity contribution in [2.45, 2.75) is 50.1 Å². The molecule has 1 fully saturated rings. The van der Waals surface area contributed by atoms with Gasteiger partial charge < -0.3 is 9.30 Å². The van der Waals surface area contributed by atoms with Crippen LogP contribution in [0.2, 0.25) is 0 Å². The molecule has 0 aliphatic carbocycles. The zero-order valence-electron chi connectivity index (χ0n) is 19.4. The van der Waals surface area contributed by atoms with Gasteiger partial charge in [-0.1, -0.05) is 30.8 Å². The minimum absolute atomic E-state index is 0.0296. The van der Waals surface area contributed by atoms with Gasteiger partial charge in [-0.15, -0.1) is 6.58 Å². The first-order valence-corrected chi connectivity index (χ1v) is 13.6. The zero-order valence-corrected chi connectivity index (χ0v) is 21.1. The van der Waals surface area contributed by atoms with E-state index in [1.807, 2.05) is 29.7 Å². The summed E-state index contributed by atoms with van der Waals surface area (Å²) < 4.78 is 36.2. The molecule has 180 valence electrons. The van der Waals surface area contributed by atoms with Crippen molar-refractivity contribution in [3.63, 3.8) is 0 Å². The molecule has 0 radical (unpaired) electrons. The quantitative estimate of drug-likeness (QED) is 0.445. The lowest BCUT2D eigenvalue weighted by Gasteiger charge is -2.34. The van der Waals surface area contributed by atoms with E-state index in [1.165, 1.54) is 35.6 Å². The third kappa shape index (κ3) is 4.73. The van der Waals surface area contributed by atoms with Gasteiger partial charge in [0.15, 0.2) is 4.80 Å². The van der Waals surface area contributed by atoms with Crippen molar-refractivity contribution in [3.05, 3.63) is 65.5 Å². The lowest BCUT2D eigenvalue weighted by molar-refractivity contribution is 0.0997. The van der Waals surface area contributed by atoms with Gasteiger partial charge in [0.1, 0.15) is 5.75 Å². The first-order chi connectivity index (χ1) is 16.4. The molecule has 0 spiro atoms. The van der Waals surface area contributed by atoms with Crippen LogP contribution in [0.3, 0.4) is 0 Å². The third-order valence-corrected chi connectivity index (χ3v) is 9.16. The number of allylic oxidation sites excluding steroid dienone is 1. The SMILES string of the molecule is C=CCn1c(=NC(=O)c2ccc(S(=O)(=O)N3CCCCC3CC)cc2)sc2cc(OC)ccc21. The lowest BCUT2D eigenvalue weighted by atomic mass is 10.0. The van der Waals surface area contributed by atoms with Gasteiger partial charge in [-0.25, -0.2) is 8.42 Å². The number of fused-ring (bicyclic) bond motifs is 1. The highest BCUT2D eigenvalue weighted by Crippen LogP contribution is 2.27. The van der Waals surface area contributed by atoms with E-state index in [-0.39, 0.29) is 10.9 Å². The second kappa shape index (κ2) is 10.2. The Balaban J connectivity index is 1.65. The summed E-state index contributed by atoms with van der Waals surface area (Å²) in [6, 6.07) is 11.8. The fourth-order valence-electron chi connectivity index (χ4n) is 4.33. The average molecular weight is 500 g/mol. The number of sulfonamides is 1. The number of amides is 1. The molecule has 0 bridgehead atoms. The molecule has 1 aromatic heterocycles. The highest BCUT2D eigenvalue weighted by atomic mass is 32.2. The number of nitrogens with zero attached hydrogens (tertiary/aromatic N) is 3. The minimum atomic E-state index is -3.60. The number of benzene rings is 2. The van der Waals surface area contributed by atoms with Crippen LogP contribution in [0, 0.1) is 0 Å². The maximum absolute atomic E-state index is 13.2. The minimum Gasteiger partial charge on any atom is -0.497 e. The number of hydrogen-bond acceptors (Lipinski definition) is 5. The molecule has 2 heterocycles. The molecular weight excluding hydrogens is 470 g/mol. The topological polar surface area (TPSA) is 81.0 Å². The van der Waals surface area contributed by atoms with Crippen LogP contribution in [0.15, 0.2) is 65.0 Å². The molecule has 1 aliphatic heterocycles. The molecule has 1 amide bonds. The number of carbonyl (C=O) groups excluding carboxylic acids is 1. The summed E-state index contributed by atoms with van der Waals surface area (Å²) in [6.07, 6.45) is 5.35. The summed E-state index contributed by atoms with van der Waals surface area (Å²) in [6.45, 7) is 6.87. The number of carbonyl (C=O) groups is 1. The monoisotopic (exact) mass is 499 g/mol. The second-order valence-corrected chi connectivity index (χ2v) is 11.1. The molecule has 1 unspecified atom stereocenters. The Morgan fingerprint density at radius 2 is 2.00 bits per heavy atom. The van der Waals surface area contributed by atoms with Crippen LogP contribution >= 0.6 is 11.3 Å². The number of methoxy groups -OCH3 is 1. The molecule has 4 rings (SSSR count). The van der Waals surface area contributed by atoms with Crippen molar-refractivity contribution in [3.8, 4) is 5.75 Å². The molecule has 0 N–H and O–H groups in total. The average Bonchev–Trinajstić information content (AvgIpc) is 3.20. The number of hydrogen-bond donors (Lipinski definition) is 0. The molecule has 1 aliphatic rings. The zero-order chi connectivity index (χ0) is 24.3. The third-order valence-electron chi connectivity index (χ3n) is 6.15. The summed E-state index contributed by atoms with van der Waals surface area (Å²) in [5, 5.41) is 0. The van der Waals surface area contributed by atoms with Crippen LogP contribution in [-0.4, -0.2) is 42.9 Å². The highest BCUT2D eigenvalue weighted by Gasteiger charge is 2.32. The molecule has 3 aromatic rings. The normalized spacial score (nSPS) is 17.7. The van der Waals surface area contributed by atoms with Crippen LogP contribution in [0.4, 0.5) is 0 Å². The van der Waals surface area contributed by atoms with Gasteiger partial charge in [-0.3, -0.25) is 4.79 Å². The molecule has 1 atom stereocenters. The van der Waals surface area contributed by atoms with Crippen molar-refractivity contribution >= 4 is 37.5 Å². The van der Waals surface area contributed by atoms with E-state index in [4.69, 9.17) is 4.74 Å². The largest absolute Gasteiger partial charge is 0.497 e. The van der Waals surface area contributed by atoms with Crippen molar-refractivity contribution in [2.24, 2.45) is 4.99 Å². The molecule has 7 nitrogen and oxygen atoms in total. The van der Waals surface area contributed by atoms with Gasteiger partial charge in [0.25, 0.3) is 5.91 Å². The first-order valence-electron chi connectivity index (χ1n) is 11.4. The van der Waals surface area contributed by atoms with Crippen molar-refractivity contribution in [1.29, 1.82) is 0 Å². The fourth-order valence-corrected chi connectivity index (χ4v) is 7.16. The Labute approximate surface area is 204 Å². The Morgan fingerprint density at radius 1 is 1.24 bits per heavy atom. The number of aromatic nitrogens is 1. The summed E-state index contributed by atoms with van der Waals surface area (Å²) in [7, 11) is -1.99. The van der Waals surface area contributed by atoms with E-state index in [0.717, 1.165) is 41.6 Å². The van der Waals surface area contributed by atoms with E-state index in [1.54, 1.807) is 17.5 Å². The molecular formula is C25H29N3O4S2. The van der Waals surface area contributed by atoms with Crippen LogP contribution < -0.4 is 9.54 Å². The van der Waals surface area contributed by atoms with Crippen LogP contribution in [-0.2, 0) is 16.6 Å². The molecule has 0 saturated carbocycles. The Hall–Kier alpha value is -2.75. The number of thiazole rings is 1. The lowest BCUT2D eigenvalue weighted by Crippen LogP contribution is -2.43. The standard InChI is InChI=1S/C25H29N3O4S2/c1-4-15-27-22-14-11-20(32-3)17-23(22)33-25(27)26-24(29)18-9-12-21(13-10-18)34(30,31)28-16-7-6-8-19(28)5-2/h4,9-14,17,19H,1,5-8,15-16H2,2-3H3. The molecule has 34 heavy (non-hydrogen) atoms. The van der Waals surface area contributed by atoms with E-state index in [9.17, 15) is 13.2 Å². The van der Waals surface area contributed by atoms with Crippen LogP contribution in [0.25, 0.3) is 10.2 Å². The van der Waals surface area contributed by atoms with Gasteiger partial charge in [0.2, 0.25) is 10.0 Å². The van der Waals surface area contributed by atoms with Crippen LogP contribution in [0.1, 0.15) is 43.0 Å². The van der Waals surface area contributed by atoms with Crippen molar-refractivity contribution < 1.29 is 17.9 Å². The molecule has 9 heteroatoms. The summed E-state index contributed by atoms with van der Waals surface area (Å²) in [5.74, 6) is 0.304. The highest BCUT2D eigenvalue weighted by molar-refractivity contribution is 7.89. The van der Waals surface area contributed by atoms with Crippen molar-refractivity contribution in [1.82, 2.24) is 8.87 Å². The Kier molecular flexibility index (Phi) is 7.35. The maximum Gasteiger partial charge on any atom is 0.279 e. The number of piperidine rings is 1. The first kappa shape index (κ1) is 24.4. The van der Waals surface area contributed by atoms with Gasteiger partial charge in [0.05, 0.1) is 22.2 Å². The van der Waals surface area contributed by atoms with E-state index < -0.39 is 15.9 Å². The Morgan fingerprint density at radius 3 is 2.68 bits per heavy atom. The number of rotatable bonds is 7. The predicted molar refractivity (Wildman–Crippen MR) is 135 cm³/mol.